The van der Waals surface area contributed by atoms with Gasteiger partial charge in [0.2, 0.25) is 0 Å². The molecule has 0 atom stereocenters. The summed E-state index contributed by atoms with van der Waals surface area (Å²) in [5.74, 6) is -1.15. The Kier molecular flexibility index (Phi) is 6.43. The van der Waals surface area contributed by atoms with E-state index < -0.39 is 11.7 Å². The van der Waals surface area contributed by atoms with Crippen LogP contribution in [0.3, 0.4) is 0 Å². The summed E-state index contributed by atoms with van der Waals surface area (Å²) in [7, 11) is 0. The normalized spacial score (nSPS) is 13.7. The Morgan fingerprint density at radius 3 is 2.14 bits per heavy atom. The third kappa shape index (κ3) is 4.90. The molecule has 29 heavy (non-hydrogen) atoms. The SMILES string of the molecule is CCOC(=O)N1CCN(C(=O)c2ccc(C(=O)Nc3ccccc3F)cc2)CC1. The number of carbonyl (C=O) groups is 3. The molecule has 1 saturated heterocycles. The number of carbonyl (C=O) groups excluding carboxylic acids is 3. The van der Waals surface area contributed by atoms with Gasteiger partial charge in [-0.3, -0.25) is 9.59 Å². The van der Waals surface area contributed by atoms with Gasteiger partial charge in [-0.05, 0) is 43.3 Å². The minimum absolute atomic E-state index is 0.0946. The Morgan fingerprint density at radius 1 is 0.931 bits per heavy atom. The van der Waals surface area contributed by atoms with Crippen LogP contribution in [-0.4, -0.2) is 60.5 Å². The molecule has 0 radical (unpaired) electrons. The van der Waals surface area contributed by atoms with Crippen molar-refractivity contribution in [1.82, 2.24) is 9.80 Å². The zero-order chi connectivity index (χ0) is 20.8. The van der Waals surface area contributed by atoms with Gasteiger partial charge < -0.3 is 19.9 Å². The second kappa shape index (κ2) is 9.18. The van der Waals surface area contributed by atoms with E-state index in [4.69, 9.17) is 4.74 Å². The molecule has 2 aromatic carbocycles. The summed E-state index contributed by atoms with van der Waals surface area (Å²) < 4.78 is 18.6. The Labute approximate surface area is 168 Å². The second-order valence-corrected chi connectivity index (χ2v) is 6.49. The molecule has 1 fully saturated rings. The number of hydrogen-bond acceptors (Lipinski definition) is 4. The van der Waals surface area contributed by atoms with Crippen LogP contribution in [0.5, 0.6) is 0 Å². The lowest BCUT2D eigenvalue weighted by Crippen LogP contribution is -2.50. The Hall–Kier alpha value is -3.42. The quantitative estimate of drug-likeness (QED) is 0.857. The van der Waals surface area contributed by atoms with Crippen LogP contribution < -0.4 is 5.32 Å². The summed E-state index contributed by atoms with van der Waals surface area (Å²) >= 11 is 0. The maximum atomic E-state index is 13.7. The molecule has 0 saturated carbocycles. The van der Waals surface area contributed by atoms with Gasteiger partial charge in [-0.2, -0.15) is 0 Å². The predicted molar refractivity (Wildman–Crippen MR) is 105 cm³/mol. The van der Waals surface area contributed by atoms with Gasteiger partial charge in [0.05, 0.1) is 12.3 Å². The van der Waals surface area contributed by atoms with Gasteiger partial charge in [-0.1, -0.05) is 12.1 Å². The molecule has 0 aliphatic carbocycles. The van der Waals surface area contributed by atoms with Crippen molar-refractivity contribution in [2.24, 2.45) is 0 Å². The number of piperazine rings is 1. The number of anilines is 1. The maximum absolute atomic E-state index is 13.7. The lowest BCUT2D eigenvalue weighted by molar-refractivity contribution is 0.0570. The molecule has 1 heterocycles. The fraction of sp³-hybridized carbons (Fsp3) is 0.286. The standard InChI is InChI=1S/C21H22FN3O4/c1-2-29-21(28)25-13-11-24(12-14-25)20(27)16-9-7-15(8-10-16)19(26)23-18-6-4-3-5-17(18)22/h3-10H,2,11-14H2,1H3,(H,23,26). The maximum Gasteiger partial charge on any atom is 0.409 e. The van der Waals surface area contributed by atoms with Crippen molar-refractivity contribution in [2.45, 2.75) is 6.92 Å². The van der Waals surface area contributed by atoms with E-state index in [9.17, 15) is 18.8 Å². The zero-order valence-corrected chi connectivity index (χ0v) is 16.1. The van der Waals surface area contributed by atoms with Crippen LogP contribution >= 0.6 is 0 Å². The molecular formula is C21H22FN3O4. The van der Waals surface area contributed by atoms with E-state index in [1.54, 1.807) is 34.9 Å². The minimum atomic E-state index is -0.519. The fourth-order valence-electron chi connectivity index (χ4n) is 3.01. The number of hydrogen-bond donors (Lipinski definition) is 1. The Bertz CT molecular complexity index is 893. The highest BCUT2D eigenvalue weighted by Crippen LogP contribution is 2.15. The highest BCUT2D eigenvalue weighted by molar-refractivity contribution is 6.05. The van der Waals surface area contributed by atoms with Crippen LogP contribution in [0.25, 0.3) is 0 Å². The smallest absolute Gasteiger partial charge is 0.409 e. The summed E-state index contributed by atoms with van der Waals surface area (Å²) in [5, 5.41) is 2.51. The molecule has 1 N–H and O–H groups in total. The predicted octanol–water partition coefficient (Wildman–Crippen LogP) is 2.99. The summed E-state index contributed by atoms with van der Waals surface area (Å²) in [5.41, 5.74) is 0.853. The van der Waals surface area contributed by atoms with Crippen molar-refractivity contribution in [3.63, 3.8) is 0 Å². The van der Waals surface area contributed by atoms with E-state index >= 15 is 0 Å². The van der Waals surface area contributed by atoms with Gasteiger partial charge in [-0.15, -0.1) is 0 Å². The van der Waals surface area contributed by atoms with Gasteiger partial charge in [0, 0.05) is 37.3 Å². The van der Waals surface area contributed by atoms with Crippen LogP contribution in [0.2, 0.25) is 0 Å². The first-order valence-electron chi connectivity index (χ1n) is 9.36. The van der Waals surface area contributed by atoms with Crippen molar-refractivity contribution in [3.8, 4) is 0 Å². The first-order chi connectivity index (χ1) is 14.0. The molecule has 152 valence electrons. The number of amides is 3. The minimum Gasteiger partial charge on any atom is -0.450 e. The molecule has 3 rings (SSSR count). The lowest BCUT2D eigenvalue weighted by Gasteiger charge is -2.34. The summed E-state index contributed by atoms with van der Waals surface area (Å²) in [6.07, 6.45) is -0.371. The molecule has 3 amide bonds. The summed E-state index contributed by atoms with van der Waals surface area (Å²) in [4.78, 5) is 39.9. The first kappa shape index (κ1) is 20.3. The molecule has 2 aromatic rings. The van der Waals surface area contributed by atoms with Crippen LogP contribution in [0.4, 0.5) is 14.9 Å². The lowest BCUT2D eigenvalue weighted by atomic mass is 10.1. The molecule has 0 aromatic heterocycles. The van der Waals surface area contributed by atoms with Crippen LogP contribution in [0, 0.1) is 5.82 Å². The third-order valence-electron chi connectivity index (χ3n) is 4.61. The second-order valence-electron chi connectivity index (χ2n) is 6.49. The van der Waals surface area contributed by atoms with E-state index in [-0.39, 0.29) is 17.7 Å². The number of nitrogens with one attached hydrogen (secondary N) is 1. The number of rotatable bonds is 4. The van der Waals surface area contributed by atoms with Crippen LogP contribution in [-0.2, 0) is 4.74 Å². The van der Waals surface area contributed by atoms with Gasteiger partial charge >= 0.3 is 6.09 Å². The number of ether oxygens (including phenoxy) is 1. The Balaban J connectivity index is 1.58. The first-order valence-corrected chi connectivity index (χ1v) is 9.36. The molecule has 0 spiro atoms. The third-order valence-corrected chi connectivity index (χ3v) is 4.61. The molecule has 0 unspecified atom stereocenters. The molecule has 8 heteroatoms. The van der Waals surface area contributed by atoms with Crippen molar-refractivity contribution in [2.75, 3.05) is 38.1 Å². The summed E-state index contributed by atoms with van der Waals surface area (Å²) in [6, 6.07) is 12.1. The van der Waals surface area contributed by atoms with Gasteiger partial charge in [0.25, 0.3) is 11.8 Å². The van der Waals surface area contributed by atoms with Crippen molar-refractivity contribution in [1.29, 1.82) is 0 Å². The van der Waals surface area contributed by atoms with Crippen molar-refractivity contribution >= 4 is 23.6 Å². The van der Waals surface area contributed by atoms with Gasteiger partial charge in [0.1, 0.15) is 5.82 Å². The van der Waals surface area contributed by atoms with E-state index in [1.165, 1.54) is 30.3 Å². The van der Waals surface area contributed by atoms with Crippen molar-refractivity contribution in [3.05, 3.63) is 65.5 Å². The van der Waals surface area contributed by atoms with E-state index in [0.717, 1.165) is 0 Å². The van der Waals surface area contributed by atoms with Gasteiger partial charge in [-0.25, -0.2) is 9.18 Å². The van der Waals surface area contributed by atoms with E-state index in [2.05, 4.69) is 5.32 Å². The van der Waals surface area contributed by atoms with E-state index in [0.29, 0.717) is 43.9 Å². The average molecular weight is 399 g/mol. The zero-order valence-electron chi connectivity index (χ0n) is 16.1. The number of halogens is 1. The summed E-state index contributed by atoms with van der Waals surface area (Å²) in [6.45, 7) is 3.70. The van der Waals surface area contributed by atoms with Gasteiger partial charge in [0.15, 0.2) is 0 Å². The topological polar surface area (TPSA) is 79.0 Å². The molecule has 7 nitrogen and oxygen atoms in total. The number of para-hydroxylation sites is 1. The highest BCUT2D eigenvalue weighted by Gasteiger charge is 2.25. The number of benzene rings is 2. The fourth-order valence-corrected chi connectivity index (χ4v) is 3.01. The molecule has 1 aliphatic heterocycles. The number of nitrogens with zero attached hydrogens (tertiary/aromatic N) is 2. The molecule has 1 aliphatic rings. The largest absolute Gasteiger partial charge is 0.450 e. The van der Waals surface area contributed by atoms with E-state index in [1.807, 2.05) is 0 Å². The van der Waals surface area contributed by atoms with Crippen molar-refractivity contribution < 1.29 is 23.5 Å². The van der Waals surface area contributed by atoms with Crippen LogP contribution in [0.15, 0.2) is 48.5 Å². The molecular weight excluding hydrogens is 377 g/mol. The van der Waals surface area contributed by atoms with Crippen LogP contribution in [0.1, 0.15) is 27.6 Å². The molecule has 0 bridgehead atoms. The average Bonchev–Trinajstić information content (AvgIpc) is 2.75. The monoisotopic (exact) mass is 399 g/mol. The highest BCUT2D eigenvalue weighted by atomic mass is 19.1. The Morgan fingerprint density at radius 2 is 1.52 bits per heavy atom.